The van der Waals surface area contributed by atoms with E-state index in [9.17, 15) is 9.90 Å². The predicted molar refractivity (Wildman–Crippen MR) is 78.6 cm³/mol. The van der Waals surface area contributed by atoms with Gasteiger partial charge >= 0.3 is 5.97 Å². The number of nitrogens with zero attached hydrogens (tertiary/aromatic N) is 2. The first-order valence-electron chi connectivity index (χ1n) is 7.11. The van der Waals surface area contributed by atoms with Gasteiger partial charge in [0.1, 0.15) is 5.75 Å². The first-order valence-corrected chi connectivity index (χ1v) is 7.11. The Labute approximate surface area is 122 Å². The van der Waals surface area contributed by atoms with Crippen LogP contribution in [0, 0.1) is 6.92 Å². The highest BCUT2D eigenvalue weighted by atomic mass is 16.4. The molecule has 0 amide bonds. The molecular weight excluding hydrogens is 268 g/mol. The zero-order valence-electron chi connectivity index (χ0n) is 12.2. The van der Waals surface area contributed by atoms with Crippen LogP contribution in [0.2, 0.25) is 0 Å². The average Bonchev–Trinajstić information content (AvgIpc) is 2.81. The van der Waals surface area contributed by atoms with Crippen molar-refractivity contribution in [2.24, 2.45) is 7.05 Å². The molecule has 5 nitrogen and oxygen atoms in total. The molecule has 2 aromatic rings. The zero-order valence-corrected chi connectivity index (χ0v) is 12.2. The number of hydrogen-bond donors (Lipinski definition) is 2. The van der Waals surface area contributed by atoms with Crippen molar-refractivity contribution in [2.75, 3.05) is 0 Å². The summed E-state index contributed by atoms with van der Waals surface area (Å²) in [7, 11) is 1.69. The van der Waals surface area contributed by atoms with Gasteiger partial charge in [-0.3, -0.25) is 4.68 Å². The van der Waals surface area contributed by atoms with Crippen LogP contribution in [-0.2, 0) is 19.9 Å². The second-order valence-corrected chi connectivity index (χ2v) is 5.58. The van der Waals surface area contributed by atoms with Crippen LogP contribution in [-0.4, -0.2) is 26.0 Å². The number of phenols is 1. The molecule has 1 heterocycles. The lowest BCUT2D eigenvalue weighted by Crippen LogP contribution is -2.07. The van der Waals surface area contributed by atoms with Gasteiger partial charge < -0.3 is 10.2 Å². The molecule has 0 radical (unpaired) electrons. The normalized spacial score (nSPS) is 14.0. The summed E-state index contributed by atoms with van der Waals surface area (Å²) in [5.41, 5.74) is 4.84. The maximum atomic E-state index is 11.1. The van der Waals surface area contributed by atoms with Crippen LogP contribution in [0.3, 0.4) is 0 Å². The molecule has 21 heavy (non-hydrogen) atoms. The van der Waals surface area contributed by atoms with Crippen LogP contribution < -0.4 is 0 Å². The third-order valence-corrected chi connectivity index (χ3v) is 4.26. The Morgan fingerprint density at radius 3 is 2.67 bits per heavy atom. The van der Waals surface area contributed by atoms with Crippen molar-refractivity contribution < 1.29 is 15.0 Å². The summed E-state index contributed by atoms with van der Waals surface area (Å²) < 4.78 is 1.51. The van der Waals surface area contributed by atoms with Crippen molar-refractivity contribution in [1.82, 2.24) is 9.78 Å². The quantitative estimate of drug-likeness (QED) is 0.890. The molecule has 2 N–H and O–H groups in total. The highest BCUT2D eigenvalue weighted by molar-refractivity contribution is 5.88. The summed E-state index contributed by atoms with van der Waals surface area (Å²) in [4.78, 5) is 11.1. The van der Waals surface area contributed by atoms with Gasteiger partial charge in [0.15, 0.2) is 5.69 Å². The number of phenolic OH excluding ortho intramolecular Hbond substituents is 1. The summed E-state index contributed by atoms with van der Waals surface area (Å²) in [6.07, 6.45) is 4.32. The number of carboxylic acids is 1. The van der Waals surface area contributed by atoms with Crippen LogP contribution >= 0.6 is 0 Å². The molecule has 0 saturated carbocycles. The molecule has 110 valence electrons. The molecule has 1 aromatic carbocycles. The molecule has 0 bridgehead atoms. The Hall–Kier alpha value is -2.30. The molecule has 5 heteroatoms. The molecule has 0 spiro atoms. The first-order chi connectivity index (χ1) is 9.99. The van der Waals surface area contributed by atoms with Crippen LogP contribution in [0.1, 0.15) is 40.0 Å². The molecule has 0 aliphatic heterocycles. The van der Waals surface area contributed by atoms with E-state index in [1.807, 2.05) is 13.0 Å². The number of hydrogen-bond acceptors (Lipinski definition) is 3. The van der Waals surface area contributed by atoms with E-state index in [2.05, 4.69) is 5.10 Å². The van der Waals surface area contributed by atoms with Gasteiger partial charge in [-0.1, -0.05) is 0 Å². The van der Waals surface area contributed by atoms with Gasteiger partial charge in [-0.25, -0.2) is 4.79 Å². The number of aryl methyl sites for hydroxylation is 2. The number of aromatic nitrogens is 2. The second-order valence-electron chi connectivity index (χ2n) is 5.58. The molecule has 0 fully saturated rings. The molecule has 1 aliphatic rings. The Balaban J connectivity index is 2.21. The highest BCUT2D eigenvalue weighted by Gasteiger charge is 2.22. The molecule has 0 unspecified atom stereocenters. The van der Waals surface area contributed by atoms with E-state index in [1.54, 1.807) is 7.05 Å². The van der Waals surface area contributed by atoms with E-state index >= 15 is 0 Å². The van der Waals surface area contributed by atoms with Gasteiger partial charge in [0.05, 0.1) is 5.69 Å². The van der Waals surface area contributed by atoms with Gasteiger partial charge in [0.25, 0.3) is 0 Å². The van der Waals surface area contributed by atoms with Crippen LogP contribution in [0.4, 0.5) is 0 Å². The summed E-state index contributed by atoms with van der Waals surface area (Å²) >= 11 is 0. The van der Waals surface area contributed by atoms with Crippen molar-refractivity contribution in [3.8, 4) is 17.0 Å². The van der Waals surface area contributed by atoms with Crippen LogP contribution in [0.15, 0.2) is 12.1 Å². The number of aromatic carboxylic acids is 1. The maximum Gasteiger partial charge on any atom is 0.356 e. The lowest BCUT2D eigenvalue weighted by atomic mass is 9.85. The van der Waals surface area contributed by atoms with Crippen LogP contribution in [0.5, 0.6) is 5.75 Å². The lowest BCUT2D eigenvalue weighted by molar-refractivity contribution is 0.0689. The molecule has 0 atom stereocenters. The molecule has 1 aromatic heterocycles. The van der Waals surface area contributed by atoms with Crippen molar-refractivity contribution in [3.05, 3.63) is 34.5 Å². The predicted octanol–water partition coefficient (Wildman–Crippen LogP) is 2.68. The fourth-order valence-corrected chi connectivity index (χ4v) is 3.23. The summed E-state index contributed by atoms with van der Waals surface area (Å²) in [6.45, 7) is 1.99. The monoisotopic (exact) mass is 286 g/mol. The smallest absolute Gasteiger partial charge is 0.356 e. The first kappa shape index (κ1) is 13.7. The van der Waals surface area contributed by atoms with E-state index in [0.29, 0.717) is 11.3 Å². The fourth-order valence-electron chi connectivity index (χ4n) is 3.23. The van der Waals surface area contributed by atoms with E-state index < -0.39 is 5.97 Å². The van der Waals surface area contributed by atoms with E-state index in [4.69, 9.17) is 5.11 Å². The Morgan fingerprint density at radius 2 is 2.00 bits per heavy atom. The van der Waals surface area contributed by atoms with Gasteiger partial charge in [0.2, 0.25) is 0 Å². The minimum atomic E-state index is -1.06. The molecule has 3 rings (SSSR count). The van der Waals surface area contributed by atoms with Crippen LogP contribution in [0.25, 0.3) is 11.3 Å². The van der Waals surface area contributed by atoms with Gasteiger partial charge in [-0.05, 0) is 61.4 Å². The number of rotatable bonds is 2. The highest BCUT2D eigenvalue weighted by Crippen LogP contribution is 2.38. The van der Waals surface area contributed by atoms with Gasteiger partial charge in [-0.2, -0.15) is 5.10 Å². The Bertz CT molecular complexity index is 732. The average molecular weight is 286 g/mol. The molecule has 0 saturated heterocycles. The Kier molecular flexibility index (Phi) is 3.20. The number of aromatic hydroxyl groups is 1. The second kappa shape index (κ2) is 4.91. The maximum absolute atomic E-state index is 11.1. The van der Waals surface area contributed by atoms with E-state index in [1.165, 1.54) is 21.9 Å². The minimum absolute atomic E-state index is 0.0102. The standard InChI is InChI=1S/C16H18N2O3/c1-9-11-6-4-3-5-10(11)7-14(19)15(9)13-8-12(16(20)21)17-18(13)2/h7-8,19H,3-6H2,1-2H3,(H,20,21). The largest absolute Gasteiger partial charge is 0.507 e. The van der Waals surface area contributed by atoms with Crippen molar-refractivity contribution >= 4 is 5.97 Å². The number of carbonyl (C=O) groups is 1. The van der Waals surface area contributed by atoms with Gasteiger partial charge in [-0.15, -0.1) is 0 Å². The molecular formula is C16H18N2O3. The third kappa shape index (κ3) is 2.18. The zero-order chi connectivity index (χ0) is 15.1. The van der Waals surface area contributed by atoms with E-state index in [0.717, 1.165) is 31.2 Å². The summed E-state index contributed by atoms with van der Waals surface area (Å²) in [5, 5.41) is 23.4. The van der Waals surface area contributed by atoms with Crippen molar-refractivity contribution in [2.45, 2.75) is 32.6 Å². The third-order valence-electron chi connectivity index (χ3n) is 4.26. The summed E-state index contributed by atoms with van der Waals surface area (Å²) in [6, 6.07) is 3.34. The lowest BCUT2D eigenvalue weighted by Gasteiger charge is -2.21. The number of benzene rings is 1. The fraction of sp³-hybridized carbons (Fsp3) is 0.375. The van der Waals surface area contributed by atoms with E-state index in [-0.39, 0.29) is 11.4 Å². The Morgan fingerprint density at radius 1 is 1.29 bits per heavy atom. The SMILES string of the molecule is Cc1c2c(cc(O)c1-c1cc(C(=O)O)nn1C)CCCC2. The van der Waals surface area contributed by atoms with Crippen molar-refractivity contribution in [3.63, 3.8) is 0 Å². The molecule has 1 aliphatic carbocycles. The number of carboxylic acid groups (broad SMARTS) is 1. The topological polar surface area (TPSA) is 75.3 Å². The summed E-state index contributed by atoms with van der Waals surface area (Å²) in [5.74, 6) is -0.861. The minimum Gasteiger partial charge on any atom is -0.507 e. The number of fused-ring (bicyclic) bond motifs is 1. The van der Waals surface area contributed by atoms with Gasteiger partial charge in [0, 0.05) is 12.6 Å². The van der Waals surface area contributed by atoms with Crippen molar-refractivity contribution in [1.29, 1.82) is 0 Å².